The van der Waals surface area contributed by atoms with E-state index in [-0.39, 0.29) is 23.6 Å². The van der Waals surface area contributed by atoms with Gasteiger partial charge in [0, 0.05) is 13.1 Å². The third kappa shape index (κ3) is 4.68. The molecule has 2 atom stereocenters. The lowest BCUT2D eigenvalue weighted by Crippen LogP contribution is -2.47. The zero-order valence-electron chi connectivity index (χ0n) is 13.5. The first-order valence-electron chi connectivity index (χ1n) is 7.89. The van der Waals surface area contributed by atoms with Crippen molar-refractivity contribution in [3.63, 3.8) is 0 Å². The molecule has 1 aliphatic rings. The van der Waals surface area contributed by atoms with E-state index < -0.39 is 6.10 Å². The minimum Gasteiger partial charge on any atom is -0.481 e. The van der Waals surface area contributed by atoms with Crippen LogP contribution in [-0.4, -0.2) is 42.6 Å². The van der Waals surface area contributed by atoms with Crippen molar-refractivity contribution < 1.29 is 23.5 Å². The normalized spacial score (nSPS) is 19.1. The van der Waals surface area contributed by atoms with Gasteiger partial charge < -0.3 is 14.4 Å². The SMILES string of the molecule is CCOC(=O)[C@@H]1CCCN(C(=O)[C@@H](C)Oc2ccc(F)cc2)C1. The molecule has 2 rings (SSSR count). The van der Waals surface area contributed by atoms with Gasteiger partial charge in [0.05, 0.1) is 12.5 Å². The van der Waals surface area contributed by atoms with Crippen molar-refractivity contribution in [1.82, 2.24) is 4.90 Å². The van der Waals surface area contributed by atoms with Gasteiger partial charge in [0.25, 0.3) is 5.91 Å². The topological polar surface area (TPSA) is 55.8 Å². The average molecular weight is 323 g/mol. The Morgan fingerprint density at radius 3 is 2.70 bits per heavy atom. The first kappa shape index (κ1) is 17.2. The highest BCUT2D eigenvalue weighted by atomic mass is 19.1. The standard InChI is InChI=1S/C17H22FNO4/c1-3-22-17(21)13-5-4-10-19(11-13)16(20)12(2)23-15-8-6-14(18)7-9-15/h6-9,12-13H,3-5,10-11H2,1-2H3/t12-,13-/m1/s1. The number of benzene rings is 1. The Labute approximate surface area is 135 Å². The van der Waals surface area contributed by atoms with Gasteiger partial charge in [-0.1, -0.05) is 0 Å². The second-order valence-corrected chi connectivity index (χ2v) is 5.59. The number of esters is 1. The van der Waals surface area contributed by atoms with E-state index in [2.05, 4.69) is 0 Å². The summed E-state index contributed by atoms with van der Waals surface area (Å²) in [6.07, 6.45) is 0.801. The monoisotopic (exact) mass is 323 g/mol. The molecule has 126 valence electrons. The molecule has 1 heterocycles. The van der Waals surface area contributed by atoms with E-state index in [1.54, 1.807) is 18.7 Å². The van der Waals surface area contributed by atoms with Crippen LogP contribution in [0, 0.1) is 11.7 Å². The molecule has 6 heteroatoms. The fourth-order valence-electron chi connectivity index (χ4n) is 2.65. The van der Waals surface area contributed by atoms with Crippen LogP contribution in [0.4, 0.5) is 4.39 Å². The van der Waals surface area contributed by atoms with E-state index in [4.69, 9.17) is 9.47 Å². The Morgan fingerprint density at radius 1 is 1.35 bits per heavy atom. The van der Waals surface area contributed by atoms with Gasteiger partial charge in [0.1, 0.15) is 11.6 Å². The number of hydrogen-bond donors (Lipinski definition) is 0. The minimum atomic E-state index is -0.693. The Bertz CT molecular complexity index is 546. The van der Waals surface area contributed by atoms with Crippen molar-refractivity contribution in [2.75, 3.05) is 19.7 Å². The molecule has 0 aliphatic carbocycles. The molecule has 23 heavy (non-hydrogen) atoms. The molecule has 5 nitrogen and oxygen atoms in total. The number of piperidine rings is 1. The van der Waals surface area contributed by atoms with E-state index in [0.717, 1.165) is 12.8 Å². The highest BCUT2D eigenvalue weighted by molar-refractivity contribution is 5.82. The fourth-order valence-corrected chi connectivity index (χ4v) is 2.65. The predicted molar refractivity (Wildman–Crippen MR) is 82.4 cm³/mol. The highest BCUT2D eigenvalue weighted by Crippen LogP contribution is 2.20. The van der Waals surface area contributed by atoms with Crippen LogP contribution in [0.15, 0.2) is 24.3 Å². The van der Waals surface area contributed by atoms with Gasteiger partial charge in [-0.05, 0) is 51.0 Å². The predicted octanol–water partition coefficient (Wildman–Crippen LogP) is 2.39. The van der Waals surface area contributed by atoms with Crippen LogP contribution in [-0.2, 0) is 14.3 Å². The number of hydrogen-bond acceptors (Lipinski definition) is 4. The Balaban J connectivity index is 1.93. The summed E-state index contributed by atoms with van der Waals surface area (Å²) in [6, 6.07) is 5.53. The molecule has 0 bridgehead atoms. The highest BCUT2D eigenvalue weighted by Gasteiger charge is 2.31. The number of amides is 1. The molecule has 0 radical (unpaired) electrons. The molecule has 0 unspecified atom stereocenters. The second-order valence-electron chi connectivity index (χ2n) is 5.59. The molecule has 0 N–H and O–H groups in total. The molecule has 1 aromatic rings. The van der Waals surface area contributed by atoms with Crippen LogP contribution >= 0.6 is 0 Å². The summed E-state index contributed by atoms with van der Waals surface area (Å²) in [6.45, 7) is 4.72. The first-order chi connectivity index (χ1) is 11.0. The number of carbonyl (C=O) groups is 2. The minimum absolute atomic E-state index is 0.177. The Hall–Kier alpha value is -2.11. The summed E-state index contributed by atoms with van der Waals surface area (Å²) in [7, 11) is 0. The summed E-state index contributed by atoms with van der Waals surface area (Å²) in [5.41, 5.74) is 0. The van der Waals surface area contributed by atoms with Crippen LogP contribution in [0.25, 0.3) is 0 Å². The number of rotatable bonds is 5. The maximum absolute atomic E-state index is 12.9. The van der Waals surface area contributed by atoms with E-state index in [9.17, 15) is 14.0 Å². The molecule has 0 saturated carbocycles. The zero-order valence-corrected chi connectivity index (χ0v) is 13.5. The zero-order chi connectivity index (χ0) is 16.8. The van der Waals surface area contributed by atoms with Crippen LogP contribution < -0.4 is 4.74 Å². The molecule has 0 spiro atoms. The summed E-state index contributed by atoms with van der Waals surface area (Å²) < 4.78 is 23.5. The number of nitrogens with zero attached hydrogens (tertiary/aromatic N) is 1. The summed E-state index contributed by atoms with van der Waals surface area (Å²) >= 11 is 0. The first-order valence-corrected chi connectivity index (χ1v) is 7.89. The van der Waals surface area contributed by atoms with Gasteiger partial charge in [0.15, 0.2) is 6.10 Å². The molecule has 1 amide bonds. The largest absolute Gasteiger partial charge is 0.481 e. The number of halogens is 1. The summed E-state index contributed by atoms with van der Waals surface area (Å²) in [5, 5.41) is 0. The van der Waals surface area contributed by atoms with E-state index in [1.165, 1.54) is 24.3 Å². The van der Waals surface area contributed by atoms with Crippen molar-refractivity contribution in [1.29, 1.82) is 0 Å². The Morgan fingerprint density at radius 2 is 2.04 bits per heavy atom. The molecular weight excluding hydrogens is 301 g/mol. The molecular formula is C17H22FNO4. The van der Waals surface area contributed by atoms with Crippen molar-refractivity contribution in [2.45, 2.75) is 32.8 Å². The fraction of sp³-hybridized carbons (Fsp3) is 0.529. The third-order valence-corrected chi connectivity index (χ3v) is 3.83. The molecule has 1 aliphatic heterocycles. The van der Waals surface area contributed by atoms with Gasteiger partial charge in [-0.15, -0.1) is 0 Å². The molecule has 1 saturated heterocycles. The van der Waals surface area contributed by atoms with E-state index >= 15 is 0 Å². The second kappa shape index (κ2) is 7.94. The van der Waals surface area contributed by atoms with Gasteiger partial charge >= 0.3 is 5.97 Å². The van der Waals surface area contributed by atoms with Gasteiger partial charge in [-0.2, -0.15) is 0 Å². The van der Waals surface area contributed by atoms with Crippen molar-refractivity contribution >= 4 is 11.9 Å². The lowest BCUT2D eigenvalue weighted by Gasteiger charge is -2.33. The van der Waals surface area contributed by atoms with Gasteiger partial charge in [-0.25, -0.2) is 4.39 Å². The quantitative estimate of drug-likeness (QED) is 0.781. The van der Waals surface area contributed by atoms with Crippen molar-refractivity contribution in [3.05, 3.63) is 30.1 Å². The van der Waals surface area contributed by atoms with Crippen LogP contribution in [0.3, 0.4) is 0 Å². The summed E-state index contributed by atoms with van der Waals surface area (Å²) in [5.74, 6) is -0.623. The molecule has 1 aromatic carbocycles. The van der Waals surface area contributed by atoms with Crippen LogP contribution in [0.2, 0.25) is 0 Å². The van der Waals surface area contributed by atoms with Gasteiger partial charge in [0.2, 0.25) is 0 Å². The maximum atomic E-state index is 12.9. The smallest absolute Gasteiger partial charge is 0.310 e. The average Bonchev–Trinajstić information content (AvgIpc) is 2.56. The lowest BCUT2D eigenvalue weighted by atomic mass is 9.98. The summed E-state index contributed by atoms with van der Waals surface area (Å²) in [4.78, 5) is 25.9. The lowest BCUT2D eigenvalue weighted by molar-refractivity contribution is -0.152. The van der Waals surface area contributed by atoms with Crippen molar-refractivity contribution in [3.8, 4) is 5.75 Å². The third-order valence-electron chi connectivity index (χ3n) is 3.83. The van der Waals surface area contributed by atoms with Crippen LogP contribution in [0.5, 0.6) is 5.75 Å². The van der Waals surface area contributed by atoms with Gasteiger partial charge in [-0.3, -0.25) is 9.59 Å². The molecule has 0 aromatic heterocycles. The number of ether oxygens (including phenoxy) is 2. The molecule has 1 fully saturated rings. The number of carbonyl (C=O) groups excluding carboxylic acids is 2. The Kier molecular flexibility index (Phi) is 5.96. The number of likely N-dealkylation sites (tertiary alicyclic amines) is 1. The van der Waals surface area contributed by atoms with Crippen molar-refractivity contribution in [2.24, 2.45) is 5.92 Å². The van der Waals surface area contributed by atoms with Crippen LogP contribution in [0.1, 0.15) is 26.7 Å². The van der Waals surface area contributed by atoms with E-state index in [0.29, 0.717) is 25.4 Å². The van der Waals surface area contributed by atoms with E-state index in [1.807, 2.05) is 0 Å². The maximum Gasteiger partial charge on any atom is 0.310 e.